The van der Waals surface area contributed by atoms with Crippen LogP contribution >= 0.6 is 0 Å². The van der Waals surface area contributed by atoms with Crippen molar-refractivity contribution in [1.29, 1.82) is 0 Å². The quantitative estimate of drug-likeness (QED) is 0.805. The summed E-state index contributed by atoms with van der Waals surface area (Å²) in [5.74, 6) is 0.853. The fourth-order valence-electron chi connectivity index (χ4n) is 1.95. The zero-order chi connectivity index (χ0) is 12.3. The van der Waals surface area contributed by atoms with Crippen molar-refractivity contribution < 1.29 is 0 Å². The SMILES string of the molecule is CNCc1cnc(N2CC=C(C)CC2)nc1C. The minimum Gasteiger partial charge on any atom is -0.337 e. The summed E-state index contributed by atoms with van der Waals surface area (Å²) < 4.78 is 0. The van der Waals surface area contributed by atoms with Gasteiger partial charge in [-0.25, -0.2) is 9.97 Å². The van der Waals surface area contributed by atoms with Crippen LogP contribution in [0, 0.1) is 6.92 Å². The Labute approximate surface area is 103 Å². The summed E-state index contributed by atoms with van der Waals surface area (Å²) >= 11 is 0. The number of hydrogen-bond acceptors (Lipinski definition) is 4. The Kier molecular flexibility index (Phi) is 3.74. The summed E-state index contributed by atoms with van der Waals surface area (Å²) in [6.07, 6.45) is 5.30. The van der Waals surface area contributed by atoms with Crippen molar-refractivity contribution in [1.82, 2.24) is 15.3 Å². The van der Waals surface area contributed by atoms with Gasteiger partial charge in [-0.05, 0) is 27.3 Å². The summed E-state index contributed by atoms with van der Waals surface area (Å²) in [4.78, 5) is 11.3. The van der Waals surface area contributed by atoms with E-state index in [9.17, 15) is 0 Å². The minimum absolute atomic E-state index is 0.825. The second kappa shape index (κ2) is 5.27. The third-order valence-electron chi connectivity index (χ3n) is 3.15. The lowest BCUT2D eigenvalue weighted by Crippen LogP contribution is -2.30. The summed E-state index contributed by atoms with van der Waals surface area (Å²) in [5, 5.41) is 3.13. The highest BCUT2D eigenvalue weighted by molar-refractivity contribution is 5.36. The van der Waals surface area contributed by atoms with Crippen LogP contribution < -0.4 is 10.2 Å². The lowest BCUT2D eigenvalue weighted by Gasteiger charge is -2.25. The number of aromatic nitrogens is 2. The molecule has 0 amide bonds. The highest BCUT2D eigenvalue weighted by atomic mass is 15.2. The largest absolute Gasteiger partial charge is 0.337 e. The Morgan fingerprint density at radius 2 is 2.24 bits per heavy atom. The van der Waals surface area contributed by atoms with Crippen LogP contribution in [0.4, 0.5) is 5.95 Å². The molecule has 0 spiro atoms. The highest BCUT2D eigenvalue weighted by Gasteiger charge is 2.13. The van der Waals surface area contributed by atoms with Gasteiger partial charge in [0.25, 0.3) is 0 Å². The van der Waals surface area contributed by atoms with E-state index in [0.29, 0.717) is 0 Å². The Hall–Kier alpha value is -1.42. The van der Waals surface area contributed by atoms with Crippen LogP contribution in [0.1, 0.15) is 24.6 Å². The number of hydrogen-bond donors (Lipinski definition) is 1. The summed E-state index contributed by atoms with van der Waals surface area (Å²) in [6, 6.07) is 0. The van der Waals surface area contributed by atoms with E-state index < -0.39 is 0 Å². The molecular formula is C13H20N4. The van der Waals surface area contributed by atoms with Crippen molar-refractivity contribution in [3.05, 3.63) is 29.1 Å². The first kappa shape index (κ1) is 12.0. The van der Waals surface area contributed by atoms with Gasteiger partial charge in [-0.2, -0.15) is 0 Å². The first-order valence-corrected chi connectivity index (χ1v) is 6.08. The van der Waals surface area contributed by atoms with Crippen molar-refractivity contribution in [2.24, 2.45) is 0 Å². The molecule has 92 valence electrons. The molecule has 1 aliphatic rings. The van der Waals surface area contributed by atoms with Crippen LogP contribution in [0.5, 0.6) is 0 Å². The fraction of sp³-hybridized carbons (Fsp3) is 0.538. The Morgan fingerprint density at radius 3 is 2.82 bits per heavy atom. The van der Waals surface area contributed by atoms with E-state index in [1.54, 1.807) is 0 Å². The fourth-order valence-corrected chi connectivity index (χ4v) is 1.95. The van der Waals surface area contributed by atoms with E-state index in [-0.39, 0.29) is 0 Å². The van der Waals surface area contributed by atoms with E-state index in [4.69, 9.17) is 0 Å². The predicted octanol–water partition coefficient (Wildman–Crippen LogP) is 1.66. The maximum absolute atomic E-state index is 4.59. The molecule has 0 atom stereocenters. The average molecular weight is 232 g/mol. The highest BCUT2D eigenvalue weighted by Crippen LogP contribution is 2.16. The summed E-state index contributed by atoms with van der Waals surface area (Å²) in [5.41, 5.74) is 3.69. The van der Waals surface area contributed by atoms with Crippen molar-refractivity contribution in [3.63, 3.8) is 0 Å². The summed E-state index contributed by atoms with van der Waals surface area (Å²) in [6.45, 7) is 7.00. The molecule has 0 saturated heterocycles. The van der Waals surface area contributed by atoms with Gasteiger partial charge in [0.05, 0.1) is 0 Å². The zero-order valence-corrected chi connectivity index (χ0v) is 10.8. The first-order valence-electron chi connectivity index (χ1n) is 6.08. The van der Waals surface area contributed by atoms with Gasteiger partial charge in [-0.3, -0.25) is 0 Å². The van der Waals surface area contributed by atoms with Gasteiger partial charge in [0.2, 0.25) is 5.95 Å². The molecule has 0 bridgehead atoms. The second-order valence-corrected chi connectivity index (χ2v) is 4.56. The molecule has 0 radical (unpaired) electrons. The third kappa shape index (κ3) is 2.82. The van der Waals surface area contributed by atoms with Crippen LogP contribution in [0.2, 0.25) is 0 Å². The Balaban J connectivity index is 2.15. The van der Waals surface area contributed by atoms with Crippen LogP contribution in [-0.4, -0.2) is 30.1 Å². The molecule has 1 aliphatic heterocycles. The van der Waals surface area contributed by atoms with E-state index in [1.807, 2.05) is 20.2 Å². The van der Waals surface area contributed by atoms with Crippen molar-refractivity contribution in [2.75, 3.05) is 25.0 Å². The van der Waals surface area contributed by atoms with Gasteiger partial charge in [0, 0.05) is 37.1 Å². The summed E-state index contributed by atoms with van der Waals surface area (Å²) in [7, 11) is 1.94. The van der Waals surface area contributed by atoms with Gasteiger partial charge in [0.15, 0.2) is 0 Å². The molecular weight excluding hydrogens is 212 g/mol. The number of nitrogens with zero attached hydrogens (tertiary/aromatic N) is 3. The number of nitrogens with one attached hydrogen (secondary N) is 1. The standard InChI is InChI=1S/C13H20N4/c1-10-4-6-17(7-5-10)13-15-9-12(8-14-3)11(2)16-13/h4,9,14H,5-8H2,1-3H3. The van der Waals surface area contributed by atoms with Crippen LogP contribution in [0.25, 0.3) is 0 Å². The number of aryl methyl sites for hydroxylation is 1. The molecule has 17 heavy (non-hydrogen) atoms. The van der Waals surface area contributed by atoms with Gasteiger partial charge >= 0.3 is 0 Å². The Morgan fingerprint density at radius 1 is 1.41 bits per heavy atom. The number of anilines is 1. The lowest BCUT2D eigenvalue weighted by molar-refractivity contribution is 0.745. The average Bonchev–Trinajstić information content (AvgIpc) is 2.33. The van der Waals surface area contributed by atoms with Crippen molar-refractivity contribution in [3.8, 4) is 0 Å². The van der Waals surface area contributed by atoms with E-state index in [1.165, 1.54) is 11.1 Å². The maximum atomic E-state index is 4.59. The van der Waals surface area contributed by atoms with E-state index in [2.05, 4.69) is 33.2 Å². The van der Waals surface area contributed by atoms with Crippen LogP contribution in [-0.2, 0) is 6.54 Å². The molecule has 1 aromatic rings. The topological polar surface area (TPSA) is 41.1 Å². The molecule has 1 N–H and O–H groups in total. The van der Waals surface area contributed by atoms with Crippen LogP contribution in [0.15, 0.2) is 17.8 Å². The van der Waals surface area contributed by atoms with Gasteiger partial charge in [-0.1, -0.05) is 11.6 Å². The van der Waals surface area contributed by atoms with Crippen LogP contribution in [0.3, 0.4) is 0 Å². The molecule has 2 heterocycles. The molecule has 2 rings (SSSR count). The second-order valence-electron chi connectivity index (χ2n) is 4.56. The molecule has 0 aromatic carbocycles. The van der Waals surface area contributed by atoms with Crippen molar-refractivity contribution in [2.45, 2.75) is 26.8 Å². The molecule has 0 fully saturated rings. The molecule has 4 heteroatoms. The maximum Gasteiger partial charge on any atom is 0.225 e. The Bertz CT molecular complexity index is 425. The minimum atomic E-state index is 0.825. The molecule has 4 nitrogen and oxygen atoms in total. The van der Waals surface area contributed by atoms with Crippen molar-refractivity contribution >= 4 is 5.95 Å². The molecule has 1 aromatic heterocycles. The molecule has 0 aliphatic carbocycles. The molecule has 0 saturated carbocycles. The lowest BCUT2D eigenvalue weighted by atomic mass is 10.1. The monoisotopic (exact) mass is 232 g/mol. The smallest absolute Gasteiger partial charge is 0.225 e. The molecule has 0 unspecified atom stereocenters. The normalized spacial score (nSPS) is 15.9. The third-order valence-corrected chi connectivity index (χ3v) is 3.15. The van der Waals surface area contributed by atoms with Gasteiger partial charge < -0.3 is 10.2 Å². The van der Waals surface area contributed by atoms with E-state index in [0.717, 1.165) is 37.7 Å². The predicted molar refractivity (Wildman–Crippen MR) is 70.1 cm³/mol. The van der Waals surface area contributed by atoms with Gasteiger partial charge in [0.1, 0.15) is 0 Å². The zero-order valence-electron chi connectivity index (χ0n) is 10.8. The van der Waals surface area contributed by atoms with E-state index >= 15 is 0 Å². The first-order chi connectivity index (χ1) is 8.20. The number of rotatable bonds is 3. The van der Waals surface area contributed by atoms with Gasteiger partial charge in [-0.15, -0.1) is 0 Å².